The molecule has 1 rings (SSSR count). The summed E-state index contributed by atoms with van der Waals surface area (Å²) in [6, 6.07) is 2.53. The Morgan fingerprint density at radius 1 is 1.64 bits per heavy atom. The van der Waals surface area contributed by atoms with Crippen molar-refractivity contribution in [1.29, 1.82) is 0 Å². The van der Waals surface area contributed by atoms with Crippen LogP contribution in [0.4, 0.5) is 5.88 Å². The molecule has 0 aliphatic rings. The first kappa shape index (κ1) is 7.39. The Morgan fingerprint density at radius 3 is 2.82 bits per heavy atom. The molecule has 11 heavy (non-hydrogen) atoms. The highest BCUT2D eigenvalue weighted by Gasteiger charge is 2.10. The fraction of sp³-hybridized carbons (Fsp3) is 0.200. The van der Waals surface area contributed by atoms with Gasteiger partial charge in [0.1, 0.15) is 17.2 Å². The molecular formula is C5H4N2O4. The molecule has 0 aliphatic carbocycles. The van der Waals surface area contributed by atoms with Crippen LogP contribution in [-0.4, -0.2) is 4.92 Å². The van der Waals surface area contributed by atoms with Crippen LogP contribution in [0.25, 0.3) is 0 Å². The molecule has 0 aromatic carbocycles. The number of nitrogens with zero attached hydrogens (tertiary/aromatic N) is 2. The number of furan rings is 1. The van der Waals surface area contributed by atoms with Crippen molar-refractivity contribution in [3.63, 3.8) is 0 Å². The highest BCUT2D eigenvalue weighted by molar-refractivity contribution is 5.17. The van der Waals surface area contributed by atoms with Crippen LogP contribution in [0.5, 0.6) is 0 Å². The average molecular weight is 156 g/mol. The second kappa shape index (κ2) is 2.91. The molecule has 0 bridgehead atoms. The van der Waals surface area contributed by atoms with Gasteiger partial charge >= 0.3 is 5.88 Å². The second-order valence-electron chi connectivity index (χ2n) is 1.78. The van der Waals surface area contributed by atoms with E-state index in [1.54, 1.807) is 0 Å². The first-order valence-electron chi connectivity index (χ1n) is 2.76. The number of nitro groups is 1. The van der Waals surface area contributed by atoms with Gasteiger partial charge in [-0.1, -0.05) is 5.18 Å². The highest BCUT2D eigenvalue weighted by atomic mass is 16.6. The molecule has 0 atom stereocenters. The summed E-state index contributed by atoms with van der Waals surface area (Å²) in [5.41, 5.74) is 0. The lowest BCUT2D eigenvalue weighted by Gasteiger charge is -1.82. The van der Waals surface area contributed by atoms with E-state index < -0.39 is 4.92 Å². The average Bonchev–Trinajstić information content (AvgIpc) is 2.37. The van der Waals surface area contributed by atoms with Crippen LogP contribution in [0.15, 0.2) is 21.7 Å². The lowest BCUT2D eigenvalue weighted by Crippen LogP contribution is -1.82. The fourth-order valence-electron chi connectivity index (χ4n) is 0.613. The van der Waals surface area contributed by atoms with Gasteiger partial charge in [0.15, 0.2) is 0 Å². The quantitative estimate of drug-likeness (QED) is 0.376. The molecule has 1 aromatic heterocycles. The summed E-state index contributed by atoms with van der Waals surface area (Å²) in [6.45, 7) is -0.173. The van der Waals surface area contributed by atoms with E-state index in [0.717, 1.165) is 0 Å². The predicted octanol–water partition coefficient (Wildman–Crippen LogP) is 1.45. The molecule has 1 heterocycles. The first-order valence-corrected chi connectivity index (χ1v) is 2.76. The maximum absolute atomic E-state index is 10.0. The van der Waals surface area contributed by atoms with Crippen LogP contribution in [-0.2, 0) is 6.54 Å². The first-order chi connectivity index (χ1) is 5.24. The number of hydrogen-bond donors (Lipinski definition) is 0. The van der Waals surface area contributed by atoms with E-state index >= 15 is 0 Å². The summed E-state index contributed by atoms with van der Waals surface area (Å²) in [7, 11) is 0. The van der Waals surface area contributed by atoms with E-state index in [4.69, 9.17) is 0 Å². The van der Waals surface area contributed by atoms with Crippen molar-refractivity contribution in [1.82, 2.24) is 0 Å². The number of nitroso groups, excluding NO2 is 1. The van der Waals surface area contributed by atoms with Gasteiger partial charge in [0.25, 0.3) is 0 Å². The van der Waals surface area contributed by atoms with Crippen molar-refractivity contribution in [2.24, 2.45) is 5.18 Å². The fourth-order valence-corrected chi connectivity index (χ4v) is 0.613. The Morgan fingerprint density at radius 2 is 2.36 bits per heavy atom. The van der Waals surface area contributed by atoms with E-state index in [0.29, 0.717) is 0 Å². The maximum Gasteiger partial charge on any atom is 0.433 e. The third-order valence-electron chi connectivity index (χ3n) is 1.05. The van der Waals surface area contributed by atoms with Gasteiger partial charge in [0, 0.05) is 0 Å². The summed E-state index contributed by atoms with van der Waals surface area (Å²) in [4.78, 5) is 19.0. The van der Waals surface area contributed by atoms with E-state index in [2.05, 4.69) is 9.59 Å². The molecule has 1 aromatic rings. The summed E-state index contributed by atoms with van der Waals surface area (Å²) in [6.07, 6.45) is 0. The van der Waals surface area contributed by atoms with Gasteiger partial charge in [-0.2, -0.15) is 4.91 Å². The van der Waals surface area contributed by atoms with Gasteiger partial charge in [-0.25, -0.2) is 0 Å². The Bertz CT molecular complexity index is 280. The Labute approximate surface area is 60.9 Å². The van der Waals surface area contributed by atoms with Gasteiger partial charge in [0.2, 0.25) is 0 Å². The molecule has 0 spiro atoms. The van der Waals surface area contributed by atoms with Gasteiger partial charge in [0.05, 0.1) is 6.07 Å². The topological polar surface area (TPSA) is 85.7 Å². The van der Waals surface area contributed by atoms with Gasteiger partial charge in [-0.15, -0.1) is 0 Å². The van der Waals surface area contributed by atoms with Gasteiger partial charge < -0.3 is 4.42 Å². The summed E-state index contributed by atoms with van der Waals surface area (Å²) >= 11 is 0. The van der Waals surface area contributed by atoms with E-state index in [1.807, 2.05) is 0 Å². The van der Waals surface area contributed by atoms with Crippen LogP contribution in [0.2, 0.25) is 0 Å². The molecule has 0 aliphatic heterocycles. The minimum Gasteiger partial charge on any atom is -0.404 e. The maximum atomic E-state index is 10.0. The Hall–Kier alpha value is -1.72. The van der Waals surface area contributed by atoms with Crippen LogP contribution in [0, 0.1) is 15.0 Å². The molecule has 6 heteroatoms. The van der Waals surface area contributed by atoms with Gasteiger partial charge in [-0.05, 0) is 6.07 Å². The third kappa shape index (κ3) is 1.60. The molecule has 6 nitrogen and oxygen atoms in total. The number of hydrogen-bond acceptors (Lipinski definition) is 5. The van der Waals surface area contributed by atoms with Crippen molar-refractivity contribution >= 4 is 5.88 Å². The predicted molar refractivity (Wildman–Crippen MR) is 34.9 cm³/mol. The minimum absolute atomic E-state index is 0.173. The molecule has 58 valence electrons. The molecule has 0 saturated carbocycles. The van der Waals surface area contributed by atoms with Crippen LogP contribution < -0.4 is 0 Å². The smallest absolute Gasteiger partial charge is 0.404 e. The van der Waals surface area contributed by atoms with E-state index in [1.165, 1.54) is 12.1 Å². The number of rotatable bonds is 3. The molecule has 0 saturated heterocycles. The van der Waals surface area contributed by atoms with Crippen molar-refractivity contribution < 1.29 is 9.34 Å². The monoisotopic (exact) mass is 156 g/mol. The van der Waals surface area contributed by atoms with E-state index in [-0.39, 0.29) is 18.2 Å². The minimum atomic E-state index is -0.672. The lowest BCUT2D eigenvalue weighted by atomic mass is 10.5. The zero-order valence-electron chi connectivity index (χ0n) is 5.39. The SMILES string of the molecule is O=NCc1ccc([N+](=O)[O-])o1. The van der Waals surface area contributed by atoms with E-state index in [9.17, 15) is 15.0 Å². The van der Waals surface area contributed by atoms with Crippen molar-refractivity contribution in [2.75, 3.05) is 0 Å². The Balaban J connectivity index is 2.81. The largest absolute Gasteiger partial charge is 0.433 e. The highest BCUT2D eigenvalue weighted by Crippen LogP contribution is 2.15. The zero-order valence-corrected chi connectivity index (χ0v) is 5.39. The standard InChI is InChI=1S/C5H4N2O4/c8-6-3-4-1-2-5(11-4)7(9)10/h1-2H,3H2. The lowest BCUT2D eigenvalue weighted by molar-refractivity contribution is -0.402. The van der Waals surface area contributed by atoms with Crippen molar-refractivity contribution in [2.45, 2.75) is 6.54 Å². The second-order valence-corrected chi connectivity index (χ2v) is 1.78. The van der Waals surface area contributed by atoms with Crippen LogP contribution >= 0.6 is 0 Å². The molecule has 0 N–H and O–H groups in total. The Kier molecular flexibility index (Phi) is 1.95. The van der Waals surface area contributed by atoms with Crippen molar-refractivity contribution in [3.05, 3.63) is 32.9 Å². The molecule has 0 amide bonds. The van der Waals surface area contributed by atoms with Crippen LogP contribution in [0.3, 0.4) is 0 Å². The summed E-state index contributed by atoms with van der Waals surface area (Å²) in [5.74, 6) is -0.171. The molecule has 0 fully saturated rings. The third-order valence-corrected chi connectivity index (χ3v) is 1.05. The molecule has 0 unspecified atom stereocenters. The summed E-state index contributed by atoms with van der Waals surface area (Å²) < 4.78 is 4.59. The van der Waals surface area contributed by atoms with Crippen molar-refractivity contribution in [3.8, 4) is 0 Å². The molecule has 0 radical (unpaired) electrons. The zero-order chi connectivity index (χ0) is 8.27. The molecular weight excluding hydrogens is 152 g/mol. The summed E-state index contributed by atoms with van der Waals surface area (Å²) in [5, 5.41) is 12.5. The normalized spacial score (nSPS) is 9.45. The van der Waals surface area contributed by atoms with Gasteiger partial charge in [-0.3, -0.25) is 10.1 Å². The van der Waals surface area contributed by atoms with Crippen LogP contribution in [0.1, 0.15) is 5.76 Å².